The molecule has 7 nitrogen and oxygen atoms in total. The molecule has 1 saturated heterocycles. The summed E-state index contributed by atoms with van der Waals surface area (Å²) < 4.78 is 6.22. The van der Waals surface area contributed by atoms with Crippen LogP contribution in [0, 0.1) is 0 Å². The summed E-state index contributed by atoms with van der Waals surface area (Å²) in [7, 11) is 1.53. The van der Waals surface area contributed by atoms with Crippen molar-refractivity contribution in [3.63, 3.8) is 0 Å². The van der Waals surface area contributed by atoms with Gasteiger partial charge in [-0.3, -0.25) is 14.9 Å². The van der Waals surface area contributed by atoms with E-state index in [1.807, 2.05) is 60.4 Å². The summed E-state index contributed by atoms with van der Waals surface area (Å²) in [6, 6.07) is 17.4. The van der Waals surface area contributed by atoms with Gasteiger partial charge in [-0.25, -0.2) is 0 Å². The summed E-state index contributed by atoms with van der Waals surface area (Å²) in [4.78, 5) is 29.1. The zero-order valence-corrected chi connectivity index (χ0v) is 22.0. The van der Waals surface area contributed by atoms with Crippen molar-refractivity contribution < 1.29 is 14.3 Å². The van der Waals surface area contributed by atoms with Gasteiger partial charge in [0.2, 0.25) is 5.91 Å². The van der Waals surface area contributed by atoms with Gasteiger partial charge >= 0.3 is 0 Å². The molecule has 3 aromatic rings. The molecular weight excluding hydrogens is 528 g/mol. The van der Waals surface area contributed by atoms with E-state index in [0.717, 1.165) is 52.8 Å². The van der Waals surface area contributed by atoms with Crippen molar-refractivity contribution in [2.24, 2.45) is 0 Å². The molecule has 0 aliphatic carbocycles. The summed E-state index contributed by atoms with van der Waals surface area (Å²) in [6.07, 6.45) is 0.543. The summed E-state index contributed by atoms with van der Waals surface area (Å²) >= 11 is 8.94. The van der Waals surface area contributed by atoms with Gasteiger partial charge in [-0.15, -0.1) is 0 Å². The fourth-order valence-corrected chi connectivity index (χ4v) is 5.13. The molecule has 1 aliphatic heterocycles. The largest absolute Gasteiger partial charge is 0.495 e. The fourth-order valence-electron chi connectivity index (χ4n) is 4.18. The Kier molecular flexibility index (Phi) is 7.87. The minimum Gasteiger partial charge on any atom is -0.495 e. The SMILES string of the molecule is CCC(=O)N1CCN(c2ccc(NC(=S)NC(=O)c3cc4ccccc4c(Br)c3OC)cc2)CC1. The van der Waals surface area contributed by atoms with Crippen molar-refractivity contribution in [3.05, 3.63) is 64.6 Å². The van der Waals surface area contributed by atoms with Crippen LogP contribution in [0.4, 0.5) is 11.4 Å². The first-order chi connectivity index (χ1) is 16.9. The first kappa shape index (κ1) is 24.9. The predicted octanol–water partition coefficient (Wildman–Crippen LogP) is 4.80. The first-order valence-electron chi connectivity index (χ1n) is 11.4. The van der Waals surface area contributed by atoms with Gasteiger partial charge in [0, 0.05) is 44.0 Å². The summed E-state index contributed by atoms with van der Waals surface area (Å²) in [5.74, 6) is 0.296. The lowest BCUT2D eigenvalue weighted by atomic mass is 10.1. The van der Waals surface area contributed by atoms with Crippen molar-refractivity contribution in [2.45, 2.75) is 13.3 Å². The number of anilines is 2. The van der Waals surface area contributed by atoms with Crippen LogP contribution in [0.3, 0.4) is 0 Å². The highest BCUT2D eigenvalue weighted by atomic mass is 79.9. The van der Waals surface area contributed by atoms with E-state index in [2.05, 4.69) is 31.5 Å². The molecule has 0 atom stereocenters. The van der Waals surface area contributed by atoms with E-state index in [9.17, 15) is 9.59 Å². The number of ether oxygens (including phenoxy) is 1. The molecule has 2 amide bonds. The topological polar surface area (TPSA) is 73.9 Å². The maximum Gasteiger partial charge on any atom is 0.261 e. The second kappa shape index (κ2) is 11.0. The normalized spacial score (nSPS) is 13.5. The Morgan fingerprint density at radius 3 is 2.40 bits per heavy atom. The Hall–Kier alpha value is -3.17. The van der Waals surface area contributed by atoms with Crippen molar-refractivity contribution in [2.75, 3.05) is 43.5 Å². The molecule has 4 rings (SSSR count). The number of halogens is 1. The standard InChI is InChI=1S/C26H27BrN4O3S/c1-3-22(32)31-14-12-30(13-15-31)19-10-8-18(9-11-19)28-26(35)29-25(33)21-16-17-6-4-5-7-20(17)23(27)24(21)34-2/h4-11,16H,3,12-15H2,1-2H3,(H2,28,29,33,35). The maximum atomic E-state index is 13.0. The van der Waals surface area contributed by atoms with Gasteiger partial charge in [0.15, 0.2) is 5.11 Å². The van der Waals surface area contributed by atoms with Crippen molar-refractivity contribution >= 4 is 67.2 Å². The summed E-state index contributed by atoms with van der Waals surface area (Å²) in [5, 5.41) is 7.88. The summed E-state index contributed by atoms with van der Waals surface area (Å²) in [6.45, 7) is 4.96. The van der Waals surface area contributed by atoms with Crippen LogP contribution in [0.15, 0.2) is 59.1 Å². The molecular formula is C26H27BrN4O3S. The number of carbonyl (C=O) groups is 2. The second-order valence-electron chi connectivity index (χ2n) is 8.17. The van der Waals surface area contributed by atoms with Gasteiger partial charge in [-0.2, -0.15) is 0 Å². The van der Waals surface area contributed by atoms with Gasteiger partial charge in [0.05, 0.1) is 17.1 Å². The molecule has 35 heavy (non-hydrogen) atoms. The number of thiocarbonyl (C=S) groups is 1. The molecule has 1 fully saturated rings. The van der Waals surface area contributed by atoms with E-state index >= 15 is 0 Å². The van der Waals surface area contributed by atoms with Crippen LogP contribution >= 0.6 is 28.1 Å². The van der Waals surface area contributed by atoms with E-state index in [4.69, 9.17) is 17.0 Å². The zero-order valence-electron chi connectivity index (χ0n) is 19.6. The number of hydrogen-bond acceptors (Lipinski definition) is 5. The minimum absolute atomic E-state index is 0.195. The van der Waals surface area contributed by atoms with E-state index < -0.39 is 0 Å². The number of carbonyl (C=O) groups excluding carboxylic acids is 2. The quantitative estimate of drug-likeness (QED) is 0.441. The van der Waals surface area contributed by atoms with E-state index in [0.29, 0.717) is 17.7 Å². The number of rotatable bonds is 5. The van der Waals surface area contributed by atoms with Crippen molar-refractivity contribution in [3.8, 4) is 5.75 Å². The molecule has 182 valence electrons. The van der Waals surface area contributed by atoms with Crippen LogP contribution in [0.25, 0.3) is 10.8 Å². The number of nitrogens with one attached hydrogen (secondary N) is 2. The van der Waals surface area contributed by atoms with Crippen LogP contribution in [-0.4, -0.2) is 55.1 Å². The van der Waals surface area contributed by atoms with Crippen LogP contribution in [0.2, 0.25) is 0 Å². The highest BCUT2D eigenvalue weighted by Gasteiger charge is 2.21. The third-order valence-electron chi connectivity index (χ3n) is 6.04. The second-order valence-corrected chi connectivity index (χ2v) is 9.37. The lowest BCUT2D eigenvalue weighted by Gasteiger charge is -2.36. The monoisotopic (exact) mass is 554 g/mol. The molecule has 9 heteroatoms. The Morgan fingerprint density at radius 2 is 1.74 bits per heavy atom. The zero-order chi connectivity index (χ0) is 24.9. The van der Waals surface area contributed by atoms with Gasteiger partial charge < -0.3 is 19.9 Å². The highest BCUT2D eigenvalue weighted by molar-refractivity contribution is 9.10. The highest BCUT2D eigenvalue weighted by Crippen LogP contribution is 2.36. The van der Waals surface area contributed by atoms with E-state index in [-0.39, 0.29) is 16.9 Å². The molecule has 0 saturated carbocycles. The van der Waals surface area contributed by atoms with Gasteiger partial charge in [0.1, 0.15) is 5.75 Å². The molecule has 0 radical (unpaired) electrons. The minimum atomic E-state index is -0.359. The van der Waals surface area contributed by atoms with Crippen LogP contribution in [-0.2, 0) is 4.79 Å². The Balaban J connectivity index is 1.39. The van der Waals surface area contributed by atoms with Gasteiger partial charge in [0.25, 0.3) is 5.91 Å². The molecule has 0 aromatic heterocycles. The molecule has 3 aromatic carbocycles. The maximum absolute atomic E-state index is 13.0. The van der Waals surface area contributed by atoms with Gasteiger partial charge in [-0.05, 0) is 69.3 Å². The number of fused-ring (bicyclic) bond motifs is 1. The van der Waals surface area contributed by atoms with E-state index in [1.54, 1.807) is 6.07 Å². The van der Waals surface area contributed by atoms with Crippen LogP contribution in [0.5, 0.6) is 5.75 Å². The third kappa shape index (κ3) is 5.57. The Morgan fingerprint density at radius 1 is 1.06 bits per heavy atom. The molecule has 1 aliphatic rings. The number of methoxy groups -OCH3 is 1. The van der Waals surface area contributed by atoms with Crippen LogP contribution in [0.1, 0.15) is 23.7 Å². The smallest absolute Gasteiger partial charge is 0.261 e. The fraction of sp³-hybridized carbons (Fsp3) is 0.269. The predicted molar refractivity (Wildman–Crippen MR) is 147 cm³/mol. The van der Waals surface area contributed by atoms with Crippen molar-refractivity contribution in [1.29, 1.82) is 0 Å². The molecule has 1 heterocycles. The number of benzene rings is 3. The molecule has 0 bridgehead atoms. The lowest BCUT2D eigenvalue weighted by molar-refractivity contribution is -0.131. The molecule has 0 spiro atoms. The summed E-state index contributed by atoms with van der Waals surface area (Å²) in [5.41, 5.74) is 2.24. The Bertz CT molecular complexity index is 1260. The Labute approximate surface area is 218 Å². The number of nitrogens with zero attached hydrogens (tertiary/aromatic N) is 2. The molecule has 0 unspecified atom stereocenters. The molecule has 2 N–H and O–H groups in total. The van der Waals surface area contributed by atoms with Crippen molar-refractivity contribution in [1.82, 2.24) is 10.2 Å². The first-order valence-corrected chi connectivity index (χ1v) is 12.6. The lowest BCUT2D eigenvalue weighted by Crippen LogP contribution is -2.48. The number of piperazine rings is 1. The average Bonchev–Trinajstić information content (AvgIpc) is 2.88. The number of amides is 2. The average molecular weight is 555 g/mol. The third-order valence-corrected chi connectivity index (χ3v) is 7.03. The van der Waals surface area contributed by atoms with E-state index in [1.165, 1.54) is 7.11 Å². The van der Waals surface area contributed by atoms with Gasteiger partial charge in [-0.1, -0.05) is 31.2 Å². The number of hydrogen-bond donors (Lipinski definition) is 2. The van der Waals surface area contributed by atoms with Crippen LogP contribution < -0.4 is 20.3 Å².